The Morgan fingerprint density at radius 1 is 0.923 bits per heavy atom. The highest BCUT2D eigenvalue weighted by molar-refractivity contribution is 6.19. The van der Waals surface area contributed by atoms with Crippen LogP contribution in [0.1, 0.15) is 29.7 Å². The number of rotatable bonds is 11. The number of carbonyl (C=O) groups is 2. The average molecular weight is 550 g/mol. The number of ether oxygens (including phenoxy) is 4. The molecule has 1 unspecified atom stereocenters. The molecule has 3 aromatic carbocycles. The van der Waals surface area contributed by atoms with Gasteiger partial charge in [-0.2, -0.15) is 0 Å². The van der Waals surface area contributed by atoms with Crippen LogP contribution in [-0.4, -0.2) is 49.2 Å². The van der Waals surface area contributed by atoms with Gasteiger partial charge in [0.2, 0.25) is 5.91 Å². The second kappa shape index (κ2) is 12.7. The summed E-state index contributed by atoms with van der Waals surface area (Å²) >= 11 is 6.24. The molecular weight excluding hydrogens is 518 g/mol. The molecule has 39 heavy (non-hydrogen) atoms. The van der Waals surface area contributed by atoms with Gasteiger partial charge in [0.1, 0.15) is 24.2 Å². The fraction of sp³-hybridized carbons (Fsp3) is 0.290. The summed E-state index contributed by atoms with van der Waals surface area (Å²) in [6.07, 6.45) is -1.59. The maximum Gasteiger partial charge on any atom is 0.508 e. The zero-order chi connectivity index (χ0) is 27.9. The van der Waals surface area contributed by atoms with E-state index in [1.54, 1.807) is 26.0 Å². The first kappa shape index (κ1) is 28.0. The minimum Gasteiger partial charge on any atom is -0.497 e. The predicted octanol–water partition coefficient (Wildman–Crippen LogP) is 6.16. The maximum absolute atomic E-state index is 13.8. The fourth-order valence-electron chi connectivity index (χ4n) is 4.87. The average Bonchev–Trinajstić information content (AvgIpc) is 2.97. The van der Waals surface area contributed by atoms with Crippen LogP contribution in [0.4, 0.5) is 4.79 Å². The molecule has 0 spiro atoms. The third-order valence-corrected chi connectivity index (χ3v) is 7.24. The molecular formula is C31H32ClNO6. The summed E-state index contributed by atoms with van der Waals surface area (Å²) in [6.45, 7) is 5.92. The van der Waals surface area contributed by atoms with Crippen LogP contribution in [0, 0.1) is 5.92 Å². The van der Waals surface area contributed by atoms with Gasteiger partial charge in [0.25, 0.3) is 0 Å². The van der Waals surface area contributed by atoms with Gasteiger partial charge in [-0.3, -0.25) is 4.79 Å². The molecule has 0 N–H and O–H groups in total. The molecule has 204 valence electrons. The number of amides is 1. The van der Waals surface area contributed by atoms with Gasteiger partial charge in [-0.25, -0.2) is 4.79 Å². The molecule has 0 aromatic heterocycles. The Kier molecular flexibility index (Phi) is 9.15. The number of methoxy groups -OCH3 is 2. The van der Waals surface area contributed by atoms with Crippen LogP contribution in [0.5, 0.6) is 11.5 Å². The van der Waals surface area contributed by atoms with Crippen molar-refractivity contribution in [3.63, 3.8) is 0 Å². The maximum atomic E-state index is 13.8. The van der Waals surface area contributed by atoms with E-state index in [0.717, 1.165) is 16.7 Å². The summed E-state index contributed by atoms with van der Waals surface area (Å²) < 4.78 is 21.5. The van der Waals surface area contributed by atoms with Crippen molar-refractivity contribution >= 4 is 23.7 Å². The van der Waals surface area contributed by atoms with Crippen molar-refractivity contribution in [1.29, 1.82) is 0 Å². The number of hydrogen-bond donors (Lipinski definition) is 0. The van der Waals surface area contributed by atoms with E-state index in [0.29, 0.717) is 17.1 Å². The molecule has 0 aliphatic carbocycles. The Balaban J connectivity index is 1.59. The van der Waals surface area contributed by atoms with E-state index >= 15 is 0 Å². The highest BCUT2D eigenvalue weighted by Crippen LogP contribution is 2.44. The highest BCUT2D eigenvalue weighted by Gasteiger charge is 2.55. The van der Waals surface area contributed by atoms with Crippen molar-refractivity contribution in [2.24, 2.45) is 5.92 Å². The molecule has 0 saturated carbocycles. The fourth-order valence-corrected chi connectivity index (χ4v) is 5.03. The zero-order valence-corrected chi connectivity index (χ0v) is 23.0. The number of nitrogens with zero attached hydrogens (tertiary/aromatic N) is 1. The second-order valence-corrected chi connectivity index (χ2v) is 9.57. The van der Waals surface area contributed by atoms with Crippen LogP contribution < -0.4 is 9.47 Å². The van der Waals surface area contributed by atoms with Gasteiger partial charge in [-0.1, -0.05) is 61.2 Å². The molecule has 1 aliphatic heterocycles. The standard InChI is InChI=1S/C31H32ClNO6/c1-20(18-32)28-27(21(2)39-31(35)38-19-22-8-6-5-7-9-22)30(34)33(28)29(23-10-14-25(36-3)15-11-23)24-12-16-26(37-4)17-13-24/h5-17,21,27-29H,1,18-19H2,2-4H3/t21?,27-,28-/m1/s1. The Morgan fingerprint density at radius 3 is 1.95 bits per heavy atom. The van der Waals surface area contributed by atoms with E-state index in [2.05, 4.69) is 6.58 Å². The van der Waals surface area contributed by atoms with Gasteiger partial charge < -0.3 is 23.8 Å². The van der Waals surface area contributed by atoms with Gasteiger partial charge in [-0.15, -0.1) is 11.6 Å². The summed E-state index contributed by atoms with van der Waals surface area (Å²) in [5.41, 5.74) is 3.26. The van der Waals surface area contributed by atoms with E-state index in [9.17, 15) is 9.59 Å². The van der Waals surface area contributed by atoms with E-state index in [4.69, 9.17) is 30.5 Å². The first-order chi connectivity index (χ1) is 18.9. The number of β-lactam (4-membered cyclic amide) rings is 1. The van der Waals surface area contributed by atoms with Gasteiger partial charge in [0.15, 0.2) is 0 Å². The molecule has 1 aliphatic rings. The van der Waals surface area contributed by atoms with Crippen molar-refractivity contribution < 1.29 is 28.5 Å². The number of hydrogen-bond acceptors (Lipinski definition) is 6. The lowest BCUT2D eigenvalue weighted by molar-refractivity contribution is -0.165. The number of halogens is 1. The highest BCUT2D eigenvalue weighted by atomic mass is 35.5. The van der Waals surface area contributed by atoms with Crippen molar-refractivity contribution in [1.82, 2.24) is 4.90 Å². The lowest BCUT2D eigenvalue weighted by Crippen LogP contribution is -2.66. The summed E-state index contributed by atoms with van der Waals surface area (Å²) in [5, 5.41) is 0. The van der Waals surface area contributed by atoms with E-state index in [1.807, 2.05) is 78.9 Å². The van der Waals surface area contributed by atoms with Gasteiger partial charge in [0, 0.05) is 5.88 Å². The summed E-state index contributed by atoms with van der Waals surface area (Å²) in [5.74, 6) is 0.732. The number of likely N-dealkylation sites (tertiary alicyclic amines) is 1. The Labute approximate surface area is 233 Å². The normalized spacial score (nSPS) is 17.3. The summed E-state index contributed by atoms with van der Waals surface area (Å²) in [7, 11) is 3.21. The van der Waals surface area contributed by atoms with Gasteiger partial charge >= 0.3 is 6.16 Å². The van der Waals surface area contributed by atoms with Gasteiger partial charge in [-0.05, 0) is 53.5 Å². The summed E-state index contributed by atoms with van der Waals surface area (Å²) in [4.78, 5) is 28.0. The quantitative estimate of drug-likeness (QED) is 0.123. The molecule has 3 atom stereocenters. The molecule has 3 aromatic rings. The van der Waals surface area contributed by atoms with E-state index in [1.165, 1.54) is 0 Å². The van der Waals surface area contributed by atoms with E-state index in [-0.39, 0.29) is 18.4 Å². The van der Waals surface area contributed by atoms with Crippen LogP contribution >= 0.6 is 11.6 Å². The second-order valence-electron chi connectivity index (χ2n) is 9.30. The largest absolute Gasteiger partial charge is 0.508 e. The summed E-state index contributed by atoms with van der Waals surface area (Å²) in [6, 6.07) is 23.5. The third-order valence-electron chi connectivity index (χ3n) is 6.90. The SMILES string of the molecule is C=C(CCl)[C@@H]1[C@@H](C(C)OC(=O)OCc2ccccc2)C(=O)N1C(c1ccc(OC)cc1)c1ccc(OC)cc1. The third kappa shape index (κ3) is 6.20. The molecule has 1 heterocycles. The lowest BCUT2D eigenvalue weighted by atomic mass is 9.76. The van der Waals surface area contributed by atoms with E-state index < -0.39 is 30.3 Å². The van der Waals surface area contributed by atoms with Crippen molar-refractivity contribution in [3.8, 4) is 11.5 Å². The van der Waals surface area contributed by atoms with Gasteiger partial charge in [0.05, 0.1) is 32.2 Å². The zero-order valence-electron chi connectivity index (χ0n) is 22.2. The first-order valence-electron chi connectivity index (χ1n) is 12.6. The molecule has 0 radical (unpaired) electrons. The number of benzene rings is 3. The molecule has 4 rings (SSSR count). The predicted molar refractivity (Wildman–Crippen MR) is 149 cm³/mol. The topological polar surface area (TPSA) is 74.3 Å². The first-order valence-corrected chi connectivity index (χ1v) is 13.1. The van der Waals surface area contributed by atoms with Crippen LogP contribution in [0.3, 0.4) is 0 Å². The number of carbonyl (C=O) groups excluding carboxylic acids is 2. The van der Waals surface area contributed by atoms with Crippen LogP contribution in [0.25, 0.3) is 0 Å². The molecule has 1 fully saturated rings. The lowest BCUT2D eigenvalue weighted by Gasteiger charge is -2.53. The Morgan fingerprint density at radius 2 is 1.46 bits per heavy atom. The van der Waals surface area contributed by atoms with Crippen molar-refractivity contribution in [3.05, 3.63) is 108 Å². The number of alkyl halides is 1. The minimum atomic E-state index is -0.838. The molecule has 1 amide bonds. The molecule has 7 nitrogen and oxygen atoms in total. The monoisotopic (exact) mass is 549 g/mol. The molecule has 8 heteroatoms. The Bertz CT molecular complexity index is 1230. The van der Waals surface area contributed by atoms with Crippen LogP contribution in [0.15, 0.2) is 91.0 Å². The van der Waals surface area contributed by atoms with Crippen molar-refractivity contribution in [2.45, 2.75) is 31.7 Å². The Hall–Kier alpha value is -3.97. The smallest absolute Gasteiger partial charge is 0.497 e. The molecule has 1 saturated heterocycles. The molecule has 0 bridgehead atoms. The van der Waals surface area contributed by atoms with Crippen LogP contribution in [-0.2, 0) is 20.9 Å². The van der Waals surface area contributed by atoms with Crippen molar-refractivity contribution in [2.75, 3.05) is 20.1 Å². The van der Waals surface area contributed by atoms with Crippen LogP contribution in [0.2, 0.25) is 0 Å². The minimum absolute atomic E-state index is 0.0754.